The number of nitrogens with zero attached hydrogens (tertiary/aromatic N) is 1. The summed E-state index contributed by atoms with van der Waals surface area (Å²) in [4.78, 5) is 7.11. The summed E-state index contributed by atoms with van der Waals surface area (Å²) >= 11 is 5.74. The van der Waals surface area contributed by atoms with E-state index in [0.717, 1.165) is 11.4 Å². The molecule has 0 amide bonds. The standard InChI is InChI=1S/C12H13ClFN3/c1-8(17-7-12-15-4-5-16-12)9-2-3-11(14)10(13)6-9/h2-6,8,17H,7H2,1H3,(H,15,16). The molecule has 90 valence electrons. The minimum absolute atomic E-state index is 0.0817. The smallest absolute Gasteiger partial charge is 0.141 e. The van der Waals surface area contributed by atoms with Gasteiger partial charge >= 0.3 is 0 Å². The van der Waals surface area contributed by atoms with Crippen LogP contribution >= 0.6 is 11.6 Å². The van der Waals surface area contributed by atoms with Gasteiger partial charge in [0, 0.05) is 18.4 Å². The van der Waals surface area contributed by atoms with E-state index in [2.05, 4.69) is 15.3 Å². The van der Waals surface area contributed by atoms with E-state index in [-0.39, 0.29) is 11.1 Å². The van der Waals surface area contributed by atoms with Crippen molar-refractivity contribution in [1.29, 1.82) is 0 Å². The number of nitrogens with one attached hydrogen (secondary N) is 2. The van der Waals surface area contributed by atoms with E-state index in [9.17, 15) is 4.39 Å². The summed E-state index contributed by atoms with van der Waals surface area (Å²) in [5.41, 5.74) is 0.947. The van der Waals surface area contributed by atoms with Crippen molar-refractivity contribution in [3.8, 4) is 0 Å². The molecule has 3 nitrogen and oxygen atoms in total. The minimum atomic E-state index is -0.395. The number of benzene rings is 1. The average Bonchev–Trinajstić information content (AvgIpc) is 2.82. The van der Waals surface area contributed by atoms with Crippen molar-refractivity contribution < 1.29 is 4.39 Å². The van der Waals surface area contributed by atoms with Crippen molar-refractivity contribution in [3.63, 3.8) is 0 Å². The predicted octanol–water partition coefficient (Wildman–Crippen LogP) is 3.05. The molecule has 1 heterocycles. The third-order valence-electron chi connectivity index (χ3n) is 2.57. The van der Waals surface area contributed by atoms with Crippen LogP contribution in [0.25, 0.3) is 0 Å². The topological polar surface area (TPSA) is 40.7 Å². The van der Waals surface area contributed by atoms with Gasteiger partial charge in [-0.3, -0.25) is 0 Å². The highest BCUT2D eigenvalue weighted by Gasteiger charge is 2.08. The van der Waals surface area contributed by atoms with Crippen molar-refractivity contribution in [1.82, 2.24) is 15.3 Å². The fourth-order valence-corrected chi connectivity index (χ4v) is 1.73. The van der Waals surface area contributed by atoms with E-state index in [0.29, 0.717) is 6.54 Å². The summed E-state index contributed by atoms with van der Waals surface area (Å²) in [7, 11) is 0. The molecule has 1 atom stereocenters. The highest BCUT2D eigenvalue weighted by Crippen LogP contribution is 2.20. The molecule has 0 aliphatic heterocycles. The maximum atomic E-state index is 13.0. The molecule has 0 spiro atoms. The maximum Gasteiger partial charge on any atom is 0.141 e. The summed E-state index contributed by atoms with van der Waals surface area (Å²) in [5, 5.41) is 3.42. The zero-order chi connectivity index (χ0) is 12.3. The van der Waals surface area contributed by atoms with Crippen LogP contribution in [0.5, 0.6) is 0 Å². The molecule has 0 fully saturated rings. The number of aromatic amines is 1. The first-order valence-corrected chi connectivity index (χ1v) is 5.71. The molecule has 2 N–H and O–H groups in total. The molecular formula is C12H13ClFN3. The van der Waals surface area contributed by atoms with Gasteiger partial charge in [-0.15, -0.1) is 0 Å². The van der Waals surface area contributed by atoms with Crippen molar-refractivity contribution in [3.05, 3.63) is 52.8 Å². The maximum absolute atomic E-state index is 13.0. The van der Waals surface area contributed by atoms with E-state index < -0.39 is 5.82 Å². The summed E-state index contributed by atoms with van der Waals surface area (Å²) in [5.74, 6) is 0.471. The average molecular weight is 254 g/mol. The van der Waals surface area contributed by atoms with E-state index in [1.54, 1.807) is 24.5 Å². The van der Waals surface area contributed by atoms with Gasteiger partial charge in [-0.2, -0.15) is 0 Å². The van der Waals surface area contributed by atoms with Crippen LogP contribution in [-0.2, 0) is 6.54 Å². The predicted molar refractivity (Wildman–Crippen MR) is 65.3 cm³/mol. The highest BCUT2D eigenvalue weighted by molar-refractivity contribution is 6.30. The van der Waals surface area contributed by atoms with Crippen molar-refractivity contribution in [2.45, 2.75) is 19.5 Å². The van der Waals surface area contributed by atoms with Crippen molar-refractivity contribution >= 4 is 11.6 Å². The van der Waals surface area contributed by atoms with E-state index in [1.165, 1.54) is 6.07 Å². The molecule has 0 saturated carbocycles. The Morgan fingerprint density at radius 2 is 2.35 bits per heavy atom. The van der Waals surface area contributed by atoms with Gasteiger partial charge in [-0.25, -0.2) is 9.37 Å². The minimum Gasteiger partial charge on any atom is -0.348 e. The summed E-state index contributed by atoms with van der Waals surface area (Å²) in [6, 6.07) is 4.82. The molecule has 5 heteroatoms. The summed E-state index contributed by atoms with van der Waals surface area (Å²) in [6.07, 6.45) is 3.48. The third kappa shape index (κ3) is 3.05. The molecule has 0 aliphatic carbocycles. The molecule has 17 heavy (non-hydrogen) atoms. The van der Waals surface area contributed by atoms with Crippen LogP contribution in [0.1, 0.15) is 24.4 Å². The molecule has 1 aromatic carbocycles. The van der Waals surface area contributed by atoms with Crippen LogP contribution in [0.4, 0.5) is 4.39 Å². The van der Waals surface area contributed by atoms with Gasteiger partial charge in [0.2, 0.25) is 0 Å². The van der Waals surface area contributed by atoms with Gasteiger partial charge in [0.15, 0.2) is 0 Å². The lowest BCUT2D eigenvalue weighted by molar-refractivity contribution is 0.559. The fourth-order valence-electron chi connectivity index (χ4n) is 1.54. The third-order valence-corrected chi connectivity index (χ3v) is 2.86. The second-order valence-corrected chi connectivity index (χ2v) is 4.22. The number of H-pyrrole nitrogens is 1. The molecular weight excluding hydrogens is 241 g/mol. The SMILES string of the molecule is CC(NCc1ncc[nH]1)c1ccc(F)c(Cl)c1. The Morgan fingerprint density at radius 3 is 3.00 bits per heavy atom. The van der Waals surface area contributed by atoms with Gasteiger partial charge in [0.1, 0.15) is 11.6 Å². The Hall–Kier alpha value is -1.39. The van der Waals surface area contributed by atoms with Crippen LogP contribution in [0.3, 0.4) is 0 Å². The van der Waals surface area contributed by atoms with Crippen LogP contribution in [0, 0.1) is 5.82 Å². The summed E-state index contributed by atoms with van der Waals surface area (Å²) < 4.78 is 13.0. The number of imidazole rings is 1. The quantitative estimate of drug-likeness (QED) is 0.879. The Balaban J connectivity index is 1.99. The van der Waals surface area contributed by atoms with Gasteiger partial charge in [-0.05, 0) is 24.6 Å². The molecule has 0 bridgehead atoms. The van der Waals surface area contributed by atoms with Gasteiger partial charge < -0.3 is 10.3 Å². The molecule has 0 aliphatic rings. The Bertz CT molecular complexity index is 485. The van der Waals surface area contributed by atoms with Gasteiger partial charge in [0.25, 0.3) is 0 Å². The number of hydrogen-bond donors (Lipinski definition) is 2. The van der Waals surface area contributed by atoms with E-state index >= 15 is 0 Å². The number of rotatable bonds is 4. The number of halogens is 2. The lowest BCUT2D eigenvalue weighted by atomic mass is 10.1. The van der Waals surface area contributed by atoms with Gasteiger partial charge in [-0.1, -0.05) is 17.7 Å². The molecule has 1 aromatic heterocycles. The first-order valence-electron chi connectivity index (χ1n) is 5.33. The van der Waals surface area contributed by atoms with Crippen molar-refractivity contribution in [2.75, 3.05) is 0 Å². The van der Waals surface area contributed by atoms with Crippen molar-refractivity contribution in [2.24, 2.45) is 0 Å². The second-order valence-electron chi connectivity index (χ2n) is 3.81. The van der Waals surface area contributed by atoms with E-state index in [4.69, 9.17) is 11.6 Å². The highest BCUT2D eigenvalue weighted by atomic mass is 35.5. The second kappa shape index (κ2) is 5.29. The number of hydrogen-bond acceptors (Lipinski definition) is 2. The molecule has 1 unspecified atom stereocenters. The van der Waals surface area contributed by atoms with Crippen LogP contribution in [-0.4, -0.2) is 9.97 Å². The molecule has 0 saturated heterocycles. The molecule has 2 aromatic rings. The largest absolute Gasteiger partial charge is 0.348 e. The zero-order valence-electron chi connectivity index (χ0n) is 9.37. The lowest BCUT2D eigenvalue weighted by Crippen LogP contribution is -2.18. The van der Waals surface area contributed by atoms with E-state index in [1.807, 2.05) is 6.92 Å². The normalized spacial score (nSPS) is 12.6. The monoisotopic (exact) mass is 253 g/mol. The number of aromatic nitrogens is 2. The Labute approximate surface area is 104 Å². The summed E-state index contributed by atoms with van der Waals surface area (Å²) in [6.45, 7) is 2.62. The fraction of sp³-hybridized carbons (Fsp3) is 0.250. The van der Waals surface area contributed by atoms with Crippen LogP contribution in [0.15, 0.2) is 30.6 Å². The molecule has 0 radical (unpaired) electrons. The molecule has 2 rings (SSSR count). The van der Waals surface area contributed by atoms with Crippen LogP contribution < -0.4 is 5.32 Å². The van der Waals surface area contributed by atoms with Gasteiger partial charge in [0.05, 0.1) is 11.6 Å². The Morgan fingerprint density at radius 1 is 1.53 bits per heavy atom. The Kier molecular flexibility index (Phi) is 3.76. The van der Waals surface area contributed by atoms with Crippen LogP contribution in [0.2, 0.25) is 5.02 Å². The first kappa shape index (κ1) is 12.1. The first-order chi connectivity index (χ1) is 8.16. The zero-order valence-corrected chi connectivity index (χ0v) is 10.1. The lowest BCUT2D eigenvalue weighted by Gasteiger charge is -2.13.